The maximum atomic E-state index is 14.6. The van der Waals surface area contributed by atoms with Crippen LogP contribution < -0.4 is 20.1 Å². The Hall–Kier alpha value is -5.85. The van der Waals surface area contributed by atoms with E-state index in [-0.39, 0.29) is 70.0 Å². The first-order valence-electron chi connectivity index (χ1n) is 23.8. The lowest BCUT2D eigenvalue weighted by molar-refractivity contribution is -0.155. The Bertz CT molecular complexity index is 2820. The molecule has 2 bridgehead atoms. The second-order valence-electron chi connectivity index (χ2n) is 18.4. The molecule has 0 unspecified atom stereocenters. The largest absolute Gasteiger partial charge is 0.489 e. The maximum Gasteiger partial charge on any atom is 0.408 e. The number of nitrogens with zero attached hydrogens (tertiary/aromatic N) is 3. The summed E-state index contributed by atoms with van der Waals surface area (Å²) >= 11 is 13.1. The van der Waals surface area contributed by atoms with Gasteiger partial charge in [-0.1, -0.05) is 77.8 Å². The number of carbonyl (C=O) groups excluding carboxylic acids is 3. The van der Waals surface area contributed by atoms with Crippen molar-refractivity contribution in [2.45, 2.75) is 87.2 Å². The number of amides is 2. The van der Waals surface area contributed by atoms with Crippen LogP contribution in [0, 0.1) is 11.8 Å². The summed E-state index contributed by atoms with van der Waals surface area (Å²) in [5.74, 6) is -1.04. The number of hydrogen-bond acceptors (Lipinski definition) is 11. The standard InChI is InChI=1S/C52H53Cl2F2N5O9S/c53-41-28-57-29-42(54)40(41)27-45(35-17-18-44(69-51(55)56)46(26-35)67-31-32-15-16-32)68-50(63)43-14-4-5-21-61(43)71(65,66)39-13-7-11-37(25-39)49(62)58-38-12-6-10-36(24-38)48(34-8-2-1-3-9-34)59-52(64)70-47-30-60-22-19-33(47)20-23-60/h1-3,6-13,17-18,24-26,28-29,32-33,43,45,47-48,51H,4-5,14-16,19-23,27,30-31H2,(H,58,62)(H,59,64)/t43-,45-,47-,48-/m0/s1. The lowest BCUT2D eigenvalue weighted by Gasteiger charge is -2.43. The molecule has 1 saturated carbocycles. The van der Waals surface area contributed by atoms with Crippen LogP contribution in [0.2, 0.25) is 10.0 Å². The van der Waals surface area contributed by atoms with E-state index < -0.39 is 52.8 Å². The highest BCUT2D eigenvalue weighted by Gasteiger charge is 2.41. The van der Waals surface area contributed by atoms with Gasteiger partial charge in [0.2, 0.25) is 10.0 Å². The van der Waals surface area contributed by atoms with Gasteiger partial charge in [0.25, 0.3) is 5.91 Å². The summed E-state index contributed by atoms with van der Waals surface area (Å²) in [5.41, 5.74) is 2.63. The first-order valence-corrected chi connectivity index (χ1v) is 26.0. The van der Waals surface area contributed by atoms with Crippen molar-refractivity contribution < 1.29 is 50.5 Å². The summed E-state index contributed by atoms with van der Waals surface area (Å²) in [6.07, 6.45) is 5.76. The van der Waals surface area contributed by atoms with Gasteiger partial charge in [0.15, 0.2) is 11.5 Å². The van der Waals surface area contributed by atoms with Gasteiger partial charge in [-0.15, -0.1) is 0 Å². The number of pyridine rings is 1. The second kappa shape index (κ2) is 22.3. The highest BCUT2D eigenvalue weighted by atomic mass is 35.5. The quantitative estimate of drug-likeness (QED) is 0.0803. The minimum absolute atomic E-state index is 0.0132. The molecule has 1 aliphatic carbocycles. The number of aromatic nitrogens is 1. The minimum Gasteiger partial charge on any atom is -0.489 e. The van der Waals surface area contributed by atoms with E-state index in [2.05, 4.69) is 20.5 Å². The normalized spacial score (nSPS) is 20.9. The van der Waals surface area contributed by atoms with Crippen LogP contribution in [0.15, 0.2) is 114 Å². The molecule has 14 nitrogen and oxygen atoms in total. The van der Waals surface area contributed by atoms with E-state index in [0.717, 1.165) is 48.6 Å². The molecule has 5 heterocycles. The average molecular weight is 1030 g/mol. The molecule has 19 heteroatoms. The SMILES string of the molecule is O=C(N[C@@H](c1ccccc1)c1cccc(NC(=O)c2cccc(S(=O)(=O)N3CCCC[C@H]3C(=O)O[C@@H](Cc3c(Cl)cncc3Cl)c3ccc(OC(F)F)c(OCC4CC4)c3)c2)c1)O[C@H]1CN2CCC1CC2. The van der Waals surface area contributed by atoms with Crippen molar-refractivity contribution in [3.05, 3.63) is 147 Å². The molecule has 5 fully saturated rings. The highest BCUT2D eigenvalue weighted by molar-refractivity contribution is 7.89. The average Bonchev–Trinajstić information content (AvgIpc) is 4.21. The summed E-state index contributed by atoms with van der Waals surface area (Å²) in [7, 11) is -4.43. The van der Waals surface area contributed by atoms with Crippen molar-refractivity contribution in [3.8, 4) is 11.5 Å². The number of hydrogen-bond donors (Lipinski definition) is 2. The van der Waals surface area contributed by atoms with Crippen molar-refractivity contribution in [1.29, 1.82) is 0 Å². The van der Waals surface area contributed by atoms with Gasteiger partial charge in [-0.05, 0) is 135 Å². The number of fused-ring (bicyclic) bond motifs is 3. The molecule has 71 heavy (non-hydrogen) atoms. The fraction of sp³-hybridized carbons (Fsp3) is 0.385. The monoisotopic (exact) mass is 1030 g/mol. The fourth-order valence-electron chi connectivity index (χ4n) is 9.49. The van der Waals surface area contributed by atoms with Crippen LogP contribution in [-0.4, -0.2) is 92.1 Å². The van der Waals surface area contributed by atoms with Gasteiger partial charge in [0.1, 0.15) is 18.2 Å². The Morgan fingerprint density at radius 1 is 0.789 bits per heavy atom. The summed E-state index contributed by atoms with van der Waals surface area (Å²) in [6, 6.07) is 24.3. The van der Waals surface area contributed by atoms with Gasteiger partial charge < -0.3 is 29.6 Å². The van der Waals surface area contributed by atoms with E-state index in [1.165, 1.54) is 54.9 Å². The predicted octanol–water partition coefficient (Wildman–Crippen LogP) is 10.0. The second-order valence-corrected chi connectivity index (χ2v) is 21.1. The number of rotatable bonds is 18. The Labute approximate surface area is 421 Å². The first kappa shape index (κ1) is 50.1. The van der Waals surface area contributed by atoms with Gasteiger partial charge in [0, 0.05) is 43.2 Å². The molecule has 10 rings (SSSR count). The maximum absolute atomic E-state index is 14.6. The number of carbonyl (C=O) groups is 3. The van der Waals surface area contributed by atoms with Crippen molar-refractivity contribution in [2.24, 2.45) is 11.8 Å². The molecule has 1 aromatic heterocycles. The molecule has 2 amide bonds. The zero-order valence-electron chi connectivity index (χ0n) is 38.6. The molecule has 5 aromatic rings. The van der Waals surface area contributed by atoms with Crippen LogP contribution in [0.1, 0.15) is 89.7 Å². The van der Waals surface area contributed by atoms with E-state index in [4.69, 9.17) is 42.1 Å². The topological polar surface area (TPSA) is 166 Å². The summed E-state index contributed by atoms with van der Waals surface area (Å²) in [6.45, 7) is -0.132. The fourth-order valence-corrected chi connectivity index (χ4v) is 11.7. The van der Waals surface area contributed by atoms with E-state index >= 15 is 0 Å². The highest BCUT2D eigenvalue weighted by Crippen LogP contribution is 2.39. The number of alkyl halides is 2. The molecule has 4 aromatic carbocycles. The van der Waals surface area contributed by atoms with Crippen LogP contribution in [0.4, 0.5) is 19.3 Å². The van der Waals surface area contributed by atoms with Crippen LogP contribution in [0.3, 0.4) is 0 Å². The van der Waals surface area contributed by atoms with Gasteiger partial charge in [-0.2, -0.15) is 13.1 Å². The number of piperidine rings is 4. The Morgan fingerprint density at radius 3 is 2.25 bits per heavy atom. The summed E-state index contributed by atoms with van der Waals surface area (Å²) in [5, 5.41) is 6.29. The number of sulfonamides is 1. The predicted molar refractivity (Wildman–Crippen MR) is 261 cm³/mol. The first-order chi connectivity index (χ1) is 34.3. The third-order valence-electron chi connectivity index (χ3n) is 13.5. The van der Waals surface area contributed by atoms with Crippen molar-refractivity contribution in [3.63, 3.8) is 0 Å². The van der Waals surface area contributed by atoms with E-state index in [1.807, 2.05) is 36.4 Å². The van der Waals surface area contributed by atoms with Crippen molar-refractivity contribution >= 4 is 56.9 Å². The molecule has 0 radical (unpaired) electrons. The van der Waals surface area contributed by atoms with Crippen molar-refractivity contribution in [1.82, 2.24) is 19.5 Å². The number of anilines is 1. The molecular formula is C52H53Cl2F2N5O9S. The molecule has 2 N–H and O–H groups in total. The van der Waals surface area contributed by atoms with Crippen LogP contribution in [0.5, 0.6) is 11.5 Å². The zero-order chi connectivity index (χ0) is 49.6. The van der Waals surface area contributed by atoms with Crippen LogP contribution in [-0.2, 0) is 30.7 Å². The van der Waals surface area contributed by atoms with Crippen LogP contribution >= 0.6 is 23.2 Å². The third-order valence-corrected chi connectivity index (χ3v) is 16.0. The molecule has 4 atom stereocenters. The lowest BCUT2D eigenvalue weighted by atomic mass is 9.86. The van der Waals surface area contributed by atoms with Gasteiger partial charge in [-0.25, -0.2) is 13.2 Å². The third kappa shape index (κ3) is 12.3. The molecule has 4 saturated heterocycles. The Kier molecular flexibility index (Phi) is 15.7. The minimum atomic E-state index is -4.43. The van der Waals surface area contributed by atoms with E-state index in [0.29, 0.717) is 47.7 Å². The Morgan fingerprint density at radius 2 is 1.54 bits per heavy atom. The number of alkyl carbamates (subject to hydrolysis) is 1. The molecule has 0 spiro atoms. The Balaban J connectivity index is 0.923. The van der Waals surface area contributed by atoms with Gasteiger partial charge in [-0.3, -0.25) is 19.5 Å². The summed E-state index contributed by atoms with van der Waals surface area (Å²) < 4.78 is 80.0. The lowest BCUT2D eigenvalue weighted by Crippen LogP contribution is -2.52. The van der Waals surface area contributed by atoms with Gasteiger partial charge in [0.05, 0.1) is 27.6 Å². The molecule has 4 aliphatic heterocycles. The van der Waals surface area contributed by atoms with Crippen LogP contribution in [0.25, 0.3) is 0 Å². The van der Waals surface area contributed by atoms with Crippen molar-refractivity contribution in [2.75, 3.05) is 38.1 Å². The number of nitrogens with one attached hydrogen (secondary N) is 2. The number of ether oxygens (including phenoxy) is 4. The number of halogens is 4. The molecule has 374 valence electrons. The number of esters is 1. The van der Waals surface area contributed by atoms with Gasteiger partial charge >= 0.3 is 18.7 Å². The zero-order valence-corrected chi connectivity index (χ0v) is 40.9. The molecular weight excluding hydrogens is 980 g/mol. The van der Waals surface area contributed by atoms with E-state index in [1.54, 1.807) is 18.2 Å². The smallest absolute Gasteiger partial charge is 0.408 e. The number of benzene rings is 4. The summed E-state index contributed by atoms with van der Waals surface area (Å²) in [4.78, 5) is 47.9. The molecule has 5 aliphatic rings. The van der Waals surface area contributed by atoms with E-state index in [9.17, 15) is 31.6 Å².